The number of piperidine rings is 1. The topological polar surface area (TPSA) is 86.5 Å². The molecular formula is C11H15N5O2. The molecule has 1 aliphatic rings. The molecule has 1 saturated heterocycles. The maximum atomic E-state index is 11.4. The van der Waals surface area contributed by atoms with Gasteiger partial charge in [0.05, 0.1) is 5.60 Å². The van der Waals surface area contributed by atoms with Crippen molar-refractivity contribution in [1.82, 2.24) is 19.8 Å². The van der Waals surface area contributed by atoms with E-state index in [1.807, 2.05) is 13.0 Å². The van der Waals surface area contributed by atoms with Crippen molar-refractivity contribution in [2.75, 3.05) is 18.0 Å². The first kappa shape index (κ1) is 11.2. The van der Waals surface area contributed by atoms with Crippen LogP contribution in [-0.4, -0.2) is 43.6 Å². The molecule has 2 N–H and O–H groups in total. The summed E-state index contributed by atoms with van der Waals surface area (Å²) in [5.41, 5.74) is -0.420. The average Bonchev–Trinajstić information content (AvgIpc) is 2.71. The zero-order valence-electron chi connectivity index (χ0n) is 10.1. The first-order valence-corrected chi connectivity index (χ1v) is 5.97. The van der Waals surface area contributed by atoms with Gasteiger partial charge in [0.25, 0.3) is 0 Å². The second kappa shape index (κ2) is 3.81. The third-order valence-electron chi connectivity index (χ3n) is 3.42. The van der Waals surface area contributed by atoms with Crippen molar-refractivity contribution >= 4 is 11.5 Å². The number of hydrogen-bond donors (Lipinski definition) is 2. The van der Waals surface area contributed by atoms with Gasteiger partial charge >= 0.3 is 5.69 Å². The SMILES string of the molecule is CC1(O)CCN(c2ccc3n[nH]c(=O)n3n2)CC1. The van der Waals surface area contributed by atoms with E-state index in [-0.39, 0.29) is 5.69 Å². The Morgan fingerprint density at radius 3 is 2.83 bits per heavy atom. The molecule has 0 bridgehead atoms. The van der Waals surface area contributed by atoms with E-state index in [0.29, 0.717) is 18.5 Å². The highest BCUT2D eigenvalue weighted by atomic mass is 16.3. The predicted molar refractivity (Wildman–Crippen MR) is 65.7 cm³/mol. The molecule has 0 radical (unpaired) electrons. The van der Waals surface area contributed by atoms with Crippen molar-refractivity contribution in [3.63, 3.8) is 0 Å². The summed E-state index contributed by atoms with van der Waals surface area (Å²) < 4.78 is 1.25. The van der Waals surface area contributed by atoms with Crippen LogP contribution in [0.25, 0.3) is 5.65 Å². The van der Waals surface area contributed by atoms with Crippen molar-refractivity contribution in [3.8, 4) is 0 Å². The zero-order valence-corrected chi connectivity index (χ0v) is 10.1. The maximum Gasteiger partial charge on any atom is 0.364 e. The molecule has 2 aromatic heterocycles. The minimum atomic E-state index is -0.590. The molecule has 0 aliphatic carbocycles. The van der Waals surface area contributed by atoms with Gasteiger partial charge in [-0.1, -0.05) is 0 Å². The smallest absolute Gasteiger partial charge is 0.364 e. The standard InChI is InChI=1S/C11H15N5O2/c1-11(18)4-6-15(7-5-11)9-3-2-8-12-13-10(17)16(8)14-9/h2-3,18H,4-7H2,1H3,(H,13,17). The number of aliphatic hydroxyl groups is 1. The third kappa shape index (κ3) is 1.86. The van der Waals surface area contributed by atoms with Crippen LogP contribution in [0.2, 0.25) is 0 Å². The van der Waals surface area contributed by atoms with E-state index in [1.54, 1.807) is 6.07 Å². The molecule has 0 unspecified atom stereocenters. The molecule has 0 spiro atoms. The number of anilines is 1. The number of aromatic nitrogens is 4. The van der Waals surface area contributed by atoms with E-state index < -0.39 is 5.60 Å². The number of nitrogens with zero attached hydrogens (tertiary/aromatic N) is 4. The molecule has 3 rings (SSSR count). The van der Waals surface area contributed by atoms with Gasteiger partial charge in [0.1, 0.15) is 5.82 Å². The van der Waals surface area contributed by atoms with Crippen LogP contribution in [0.1, 0.15) is 19.8 Å². The van der Waals surface area contributed by atoms with Gasteiger partial charge in [-0.05, 0) is 31.9 Å². The fourth-order valence-electron chi connectivity index (χ4n) is 2.18. The first-order chi connectivity index (χ1) is 8.55. The molecule has 0 saturated carbocycles. The van der Waals surface area contributed by atoms with Gasteiger partial charge in [-0.25, -0.2) is 9.89 Å². The molecule has 96 valence electrons. The highest BCUT2D eigenvalue weighted by Gasteiger charge is 2.28. The lowest BCUT2D eigenvalue weighted by Gasteiger charge is -2.36. The monoisotopic (exact) mass is 249 g/mol. The molecular weight excluding hydrogens is 234 g/mol. The number of fused-ring (bicyclic) bond motifs is 1. The Hall–Kier alpha value is -1.89. The van der Waals surface area contributed by atoms with Crippen LogP contribution >= 0.6 is 0 Å². The Bertz CT molecular complexity index is 620. The van der Waals surface area contributed by atoms with Crippen LogP contribution in [0, 0.1) is 0 Å². The predicted octanol–water partition coefficient (Wildman–Crippen LogP) is -0.231. The van der Waals surface area contributed by atoms with E-state index in [4.69, 9.17) is 0 Å². The van der Waals surface area contributed by atoms with Crippen LogP contribution in [0.4, 0.5) is 5.82 Å². The van der Waals surface area contributed by atoms with Crippen molar-refractivity contribution in [3.05, 3.63) is 22.6 Å². The fraction of sp³-hybridized carbons (Fsp3) is 0.545. The minimum absolute atomic E-state index is 0.337. The second-order valence-electron chi connectivity index (χ2n) is 4.97. The van der Waals surface area contributed by atoms with Gasteiger partial charge in [0.2, 0.25) is 0 Å². The van der Waals surface area contributed by atoms with Crippen LogP contribution < -0.4 is 10.6 Å². The molecule has 0 atom stereocenters. The Balaban J connectivity index is 1.91. The maximum absolute atomic E-state index is 11.4. The lowest BCUT2D eigenvalue weighted by molar-refractivity contribution is 0.0350. The van der Waals surface area contributed by atoms with Crippen molar-refractivity contribution in [2.24, 2.45) is 0 Å². The lowest BCUT2D eigenvalue weighted by atomic mass is 9.94. The lowest BCUT2D eigenvalue weighted by Crippen LogP contribution is -2.43. The van der Waals surface area contributed by atoms with Crippen LogP contribution in [0.3, 0.4) is 0 Å². The number of hydrogen-bond acceptors (Lipinski definition) is 5. The summed E-state index contributed by atoms with van der Waals surface area (Å²) in [5, 5.41) is 20.4. The molecule has 1 fully saturated rings. The van der Waals surface area contributed by atoms with Gasteiger partial charge < -0.3 is 10.0 Å². The molecule has 0 amide bonds. The van der Waals surface area contributed by atoms with Gasteiger partial charge in [-0.15, -0.1) is 5.10 Å². The highest BCUT2D eigenvalue weighted by molar-refractivity contribution is 5.45. The summed E-state index contributed by atoms with van der Waals surface area (Å²) in [4.78, 5) is 13.5. The Morgan fingerprint density at radius 2 is 2.11 bits per heavy atom. The zero-order chi connectivity index (χ0) is 12.8. The van der Waals surface area contributed by atoms with E-state index in [9.17, 15) is 9.90 Å². The van der Waals surface area contributed by atoms with Crippen molar-refractivity contribution in [1.29, 1.82) is 0 Å². The van der Waals surface area contributed by atoms with Gasteiger partial charge in [-0.2, -0.15) is 9.61 Å². The number of rotatable bonds is 1. The normalized spacial score (nSPS) is 19.3. The van der Waals surface area contributed by atoms with E-state index in [1.165, 1.54) is 4.52 Å². The minimum Gasteiger partial charge on any atom is -0.390 e. The van der Waals surface area contributed by atoms with Crippen LogP contribution in [0.15, 0.2) is 16.9 Å². The Labute approximate surface area is 103 Å². The van der Waals surface area contributed by atoms with E-state index in [0.717, 1.165) is 18.9 Å². The van der Waals surface area contributed by atoms with Gasteiger partial charge in [0, 0.05) is 13.1 Å². The number of H-pyrrole nitrogens is 1. The molecule has 0 aromatic carbocycles. The summed E-state index contributed by atoms with van der Waals surface area (Å²) in [6.45, 7) is 3.32. The molecule has 2 aromatic rings. The van der Waals surface area contributed by atoms with E-state index in [2.05, 4.69) is 20.2 Å². The number of nitrogens with one attached hydrogen (secondary N) is 1. The van der Waals surface area contributed by atoms with E-state index >= 15 is 0 Å². The Kier molecular flexibility index (Phi) is 2.37. The van der Waals surface area contributed by atoms with Crippen molar-refractivity contribution < 1.29 is 5.11 Å². The third-order valence-corrected chi connectivity index (χ3v) is 3.42. The molecule has 18 heavy (non-hydrogen) atoms. The molecule has 7 heteroatoms. The summed E-state index contributed by atoms with van der Waals surface area (Å²) in [7, 11) is 0. The highest BCUT2D eigenvalue weighted by Crippen LogP contribution is 2.24. The Morgan fingerprint density at radius 1 is 1.39 bits per heavy atom. The average molecular weight is 249 g/mol. The summed E-state index contributed by atoms with van der Waals surface area (Å²) in [6, 6.07) is 3.60. The van der Waals surface area contributed by atoms with Gasteiger partial charge in [-0.3, -0.25) is 0 Å². The fourth-order valence-corrected chi connectivity index (χ4v) is 2.18. The number of aromatic amines is 1. The first-order valence-electron chi connectivity index (χ1n) is 5.97. The summed E-state index contributed by atoms with van der Waals surface area (Å²) >= 11 is 0. The van der Waals surface area contributed by atoms with Gasteiger partial charge in [0.15, 0.2) is 5.65 Å². The van der Waals surface area contributed by atoms with Crippen LogP contribution in [-0.2, 0) is 0 Å². The van der Waals surface area contributed by atoms with Crippen molar-refractivity contribution in [2.45, 2.75) is 25.4 Å². The molecule has 7 nitrogen and oxygen atoms in total. The second-order valence-corrected chi connectivity index (χ2v) is 4.97. The quantitative estimate of drug-likeness (QED) is 0.729. The summed E-state index contributed by atoms with van der Waals surface area (Å²) in [6.07, 6.45) is 1.40. The summed E-state index contributed by atoms with van der Waals surface area (Å²) in [5.74, 6) is 0.738. The largest absolute Gasteiger partial charge is 0.390 e. The van der Waals surface area contributed by atoms with Crippen LogP contribution in [0.5, 0.6) is 0 Å². The molecule has 3 heterocycles. The molecule has 1 aliphatic heterocycles.